The summed E-state index contributed by atoms with van der Waals surface area (Å²) < 4.78 is 29.5. The first-order valence-corrected chi connectivity index (χ1v) is 6.64. The Kier molecular flexibility index (Phi) is 3.56. The van der Waals surface area contributed by atoms with E-state index in [-0.39, 0.29) is 5.88 Å². The van der Waals surface area contributed by atoms with E-state index in [9.17, 15) is 8.42 Å². The maximum absolute atomic E-state index is 11.3. The van der Waals surface area contributed by atoms with Gasteiger partial charge in [-0.15, -0.1) is 0 Å². The van der Waals surface area contributed by atoms with Crippen molar-refractivity contribution in [3.63, 3.8) is 0 Å². The smallest absolute Gasteiger partial charge is 0.238 e. The van der Waals surface area contributed by atoms with Crippen LogP contribution in [0, 0.1) is 0 Å². The van der Waals surface area contributed by atoms with Gasteiger partial charge in [0.2, 0.25) is 15.9 Å². The Bertz CT molecular complexity index is 461. The fraction of sp³-hybridized carbons (Fsp3) is 0.375. The van der Waals surface area contributed by atoms with Gasteiger partial charge >= 0.3 is 0 Å². The molecular formula is C8H11BrN2O3S. The molecule has 0 amide bonds. The minimum absolute atomic E-state index is 0.270. The summed E-state index contributed by atoms with van der Waals surface area (Å²) in [5.74, 6) is 0.270. The highest BCUT2D eigenvalue weighted by Gasteiger charge is 2.17. The molecule has 84 valence electrons. The molecule has 0 atom stereocenters. The lowest BCUT2D eigenvalue weighted by Gasteiger charge is -2.18. The molecule has 0 unspecified atom stereocenters. The Balaban J connectivity index is 3.29. The van der Waals surface area contributed by atoms with Gasteiger partial charge in [0.05, 0.1) is 13.4 Å². The Morgan fingerprint density at radius 1 is 1.53 bits per heavy atom. The van der Waals surface area contributed by atoms with Crippen LogP contribution >= 0.6 is 15.9 Å². The Morgan fingerprint density at radius 3 is 2.60 bits per heavy atom. The monoisotopic (exact) mass is 294 g/mol. The predicted octanol–water partition coefficient (Wildman–Crippen LogP) is 1.25. The number of hydrogen-bond donors (Lipinski definition) is 0. The fourth-order valence-corrected chi connectivity index (χ4v) is 1.78. The molecule has 1 heterocycles. The van der Waals surface area contributed by atoms with Crippen LogP contribution in [-0.4, -0.2) is 33.8 Å². The van der Waals surface area contributed by atoms with Gasteiger partial charge in [-0.1, -0.05) is 0 Å². The number of nitrogens with zero attached hydrogens (tertiary/aromatic N) is 2. The average Bonchev–Trinajstić information content (AvgIpc) is 2.15. The number of pyridine rings is 1. The molecular weight excluding hydrogens is 284 g/mol. The molecule has 0 fully saturated rings. The second-order valence-electron chi connectivity index (χ2n) is 2.91. The van der Waals surface area contributed by atoms with E-state index in [0.29, 0.717) is 10.2 Å². The number of anilines is 1. The topological polar surface area (TPSA) is 59.5 Å². The van der Waals surface area contributed by atoms with Crippen LogP contribution in [-0.2, 0) is 10.0 Å². The van der Waals surface area contributed by atoms with Gasteiger partial charge < -0.3 is 4.74 Å². The van der Waals surface area contributed by atoms with Gasteiger partial charge in [-0.05, 0) is 22.0 Å². The normalized spacial score (nSPS) is 11.2. The zero-order chi connectivity index (χ0) is 11.6. The summed E-state index contributed by atoms with van der Waals surface area (Å²) in [5, 5.41) is 0. The second-order valence-corrected chi connectivity index (χ2v) is 5.84. The minimum Gasteiger partial charge on any atom is -0.479 e. The first-order valence-electron chi connectivity index (χ1n) is 3.99. The average molecular weight is 295 g/mol. The molecule has 0 aliphatic heterocycles. The third-order valence-electron chi connectivity index (χ3n) is 1.83. The van der Waals surface area contributed by atoms with Crippen molar-refractivity contribution >= 4 is 31.6 Å². The highest BCUT2D eigenvalue weighted by atomic mass is 79.9. The lowest BCUT2D eigenvalue weighted by molar-refractivity contribution is 0.399. The number of hydrogen-bond acceptors (Lipinski definition) is 4. The number of rotatable bonds is 3. The molecule has 15 heavy (non-hydrogen) atoms. The number of halogens is 1. The molecule has 0 saturated carbocycles. The zero-order valence-corrected chi connectivity index (χ0v) is 11.0. The van der Waals surface area contributed by atoms with Gasteiger partial charge in [-0.3, -0.25) is 4.31 Å². The summed E-state index contributed by atoms with van der Waals surface area (Å²) >= 11 is 3.22. The molecule has 0 aliphatic rings. The zero-order valence-electron chi connectivity index (χ0n) is 8.56. The Hall–Kier alpha value is -0.820. The number of ether oxygens (including phenoxy) is 1. The molecule has 0 aromatic carbocycles. The van der Waals surface area contributed by atoms with Crippen LogP contribution in [0.1, 0.15) is 0 Å². The van der Waals surface area contributed by atoms with Crippen LogP contribution in [0.2, 0.25) is 0 Å². The maximum Gasteiger partial charge on any atom is 0.238 e. The molecule has 5 nitrogen and oxygen atoms in total. The minimum atomic E-state index is -3.31. The van der Waals surface area contributed by atoms with E-state index >= 15 is 0 Å². The van der Waals surface area contributed by atoms with E-state index < -0.39 is 10.0 Å². The van der Waals surface area contributed by atoms with Crippen molar-refractivity contribution in [1.82, 2.24) is 4.98 Å². The molecule has 0 radical (unpaired) electrons. The van der Waals surface area contributed by atoms with Crippen molar-refractivity contribution in [2.75, 3.05) is 24.7 Å². The van der Waals surface area contributed by atoms with Crippen LogP contribution < -0.4 is 9.04 Å². The van der Waals surface area contributed by atoms with Gasteiger partial charge in [0.25, 0.3) is 0 Å². The highest BCUT2D eigenvalue weighted by molar-refractivity contribution is 9.10. The van der Waals surface area contributed by atoms with Crippen molar-refractivity contribution < 1.29 is 13.2 Å². The SMILES string of the molecule is COc1ncc(Br)cc1N(C)S(C)(=O)=O. The van der Waals surface area contributed by atoms with E-state index in [1.54, 1.807) is 12.3 Å². The van der Waals surface area contributed by atoms with Crippen molar-refractivity contribution in [3.05, 3.63) is 16.7 Å². The van der Waals surface area contributed by atoms with Gasteiger partial charge in [-0.2, -0.15) is 0 Å². The lowest BCUT2D eigenvalue weighted by Crippen LogP contribution is -2.25. The molecule has 0 spiro atoms. The Labute approximate surface area is 97.2 Å². The lowest BCUT2D eigenvalue weighted by atomic mass is 10.4. The summed E-state index contributed by atoms with van der Waals surface area (Å²) in [6.45, 7) is 0. The molecule has 0 bridgehead atoms. The largest absolute Gasteiger partial charge is 0.479 e. The molecule has 0 N–H and O–H groups in total. The number of aromatic nitrogens is 1. The van der Waals surface area contributed by atoms with Crippen molar-refractivity contribution in [3.8, 4) is 5.88 Å². The van der Waals surface area contributed by atoms with E-state index in [4.69, 9.17) is 4.74 Å². The first-order chi connectivity index (χ1) is 6.86. The summed E-state index contributed by atoms with van der Waals surface area (Å²) in [7, 11) is -0.427. The second kappa shape index (κ2) is 4.36. The van der Waals surface area contributed by atoms with Gasteiger partial charge in [0, 0.05) is 17.7 Å². The standard InChI is InChI=1S/C8H11BrN2O3S/c1-11(15(3,12)13)7-4-6(9)5-10-8(7)14-2/h4-5H,1-3H3. The highest BCUT2D eigenvalue weighted by Crippen LogP contribution is 2.29. The summed E-state index contributed by atoms with van der Waals surface area (Å²) in [6.07, 6.45) is 2.66. The summed E-state index contributed by atoms with van der Waals surface area (Å²) in [6, 6.07) is 1.63. The van der Waals surface area contributed by atoms with Gasteiger partial charge in [0.1, 0.15) is 5.69 Å². The van der Waals surface area contributed by atoms with Crippen LogP contribution in [0.15, 0.2) is 16.7 Å². The van der Waals surface area contributed by atoms with Crippen molar-refractivity contribution in [2.24, 2.45) is 0 Å². The van der Waals surface area contributed by atoms with E-state index in [2.05, 4.69) is 20.9 Å². The van der Waals surface area contributed by atoms with E-state index in [1.165, 1.54) is 14.2 Å². The molecule has 0 aliphatic carbocycles. The van der Waals surface area contributed by atoms with Crippen LogP contribution in [0.25, 0.3) is 0 Å². The Morgan fingerprint density at radius 2 is 2.13 bits per heavy atom. The first kappa shape index (κ1) is 12.3. The third kappa shape index (κ3) is 2.82. The number of sulfonamides is 1. The van der Waals surface area contributed by atoms with E-state index in [1.807, 2.05) is 0 Å². The van der Waals surface area contributed by atoms with Crippen LogP contribution in [0.3, 0.4) is 0 Å². The number of methoxy groups -OCH3 is 1. The summed E-state index contributed by atoms with van der Waals surface area (Å²) in [4.78, 5) is 3.96. The van der Waals surface area contributed by atoms with Crippen molar-refractivity contribution in [1.29, 1.82) is 0 Å². The third-order valence-corrected chi connectivity index (χ3v) is 3.45. The molecule has 1 aromatic rings. The summed E-state index contributed by atoms with van der Waals surface area (Å²) in [5.41, 5.74) is 0.398. The maximum atomic E-state index is 11.3. The molecule has 0 saturated heterocycles. The molecule has 7 heteroatoms. The van der Waals surface area contributed by atoms with Gasteiger partial charge in [-0.25, -0.2) is 13.4 Å². The van der Waals surface area contributed by atoms with Crippen molar-refractivity contribution in [2.45, 2.75) is 0 Å². The predicted molar refractivity (Wildman–Crippen MR) is 61.7 cm³/mol. The molecule has 1 rings (SSSR count). The van der Waals surface area contributed by atoms with E-state index in [0.717, 1.165) is 10.6 Å². The van der Waals surface area contributed by atoms with Crippen LogP contribution in [0.4, 0.5) is 5.69 Å². The van der Waals surface area contributed by atoms with Crippen LogP contribution in [0.5, 0.6) is 5.88 Å². The fourth-order valence-electron chi connectivity index (χ4n) is 0.978. The molecule has 1 aromatic heterocycles. The quantitative estimate of drug-likeness (QED) is 0.842. The van der Waals surface area contributed by atoms with Gasteiger partial charge in [0.15, 0.2) is 0 Å².